The van der Waals surface area contributed by atoms with Crippen LogP contribution in [-0.2, 0) is 14.3 Å². The first-order chi connectivity index (χ1) is 13.0. The van der Waals surface area contributed by atoms with E-state index in [4.69, 9.17) is 4.74 Å². The highest BCUT2D eigenvalue weighted by Crippen LogP contribution is 2.24. The number of para-hydroxylation sites is 1. The lowest BCUT2D eigenvalue weighted by Gasteiger charge is -2.27. The number of morpholine rings is 1. The van der Waals surface area contributed by atoms with Gasteiger partial charge in [-0.15, -0.1) is 0 Å². The minimum absolute atomic E-state index is 0.290. The number of hydrogen-bond donors (Lipinski definition) is 2. The second kappa shape index (κ2) is 8.45. The largest absolute Gasteiger partial charge is 0.379 e. The number of carbonyl (C=O) groups excluding carboxylic acids is 2. The number of nitrogens with one attached hydrogen (secondary N) is 2. The van der Waals surface area contributed by atoms with Crippen molar-refractivity contribution in [2.75, 3.05) is 44.7 Å². The zero-order chi connectivity index (χ0) is 19.3. The number of rotatable bonds is 6. The van der Waals surface area contributed by atoms with Crippen LogP contribution in [-0.4, -0.2) is 61.1 Å². The second-order valence-electron chi connectivity index (χ2n) is 7.17. The number of pyridine rings is 1. The van der Waals surface area contributed by atoms with Crippen molar-refractivity contribution in [2.24, 2.45) is 5.41 Å². The van der Waals surface area contributed by atoms with E-state index in [0.717, 1.165) is 38.2 Å². The molecule has 2 N–H and O–H groups in total. The van der Waals surface area contributed by atoms with Crippen LogP contribution in [0.3, 0.4) is 0 Å². The highest BCUT2D eigenvalue weighted by Gasteiger charge is 2.36. The summed E-state index contributed by atoms with van der Waals surface area (Å²) in [7, 11) is 0. The average molecular weight is 370 g/mol. The molecule has 7 heteroatoms. The van der Waals surface area contributed by atoms with Crippen molar-refractivity contribution in [3.63, 3.8) is 0 Å². The maximum absolute atomic E-state index is 12.8. The lowest BCUT2D eigenvalue weighted by atomic mass is 9.91. The first kappa shape index (κ1) is 19.3. The molecule has 0 unspecified atom stereocenters. The third-order valence-electron chi connectivity index (χ3n) is 4.83. The number of nitrogens with zero attached hydrogens (tertiary/aromatic N) is 2. The number of amides is 2. The standard InChI is InChI=1S/C20H26N4O3/c1-20(2,18(25)22-9-10-24-11-13-27-14-12-24)19(26)23-16-7-3-5-15-6-4-8-21-17(15)16/h3-8H,9-14H2,1-2H3,(H,22,25)(H,23,26). The molecule has 2 amide bonds. The summed E-state index contributed by atoms with van der Waals surface area (Å²) in [5.74, 6) is -0.647. The molecule has 0 aliphatic carbocycles. The molecule has 1 fully saturated rings. The Morgan fingerprint density at radius 3 is 2.67 bits per heavy atom. The van der Waals surface area contributed by atoms with Crippen molar-refractivity contribution < 1.29 is 14.3 Å². The molecule has 2 aromatic rings. The summed E-state index contributed by atoms with van der Waals surface area (Å²) >= 11 is 0. The number of anilines is 1. The molecule has 1 aromatic carbocycles. The highest BCUT2D eigenvalue weighted by atomic mass is 16.5. The van der Waals surface area contributed by atoms with E-state index >= 15 is 0 Å². The Balaban J connectivity index is 1.59. The molecule has 7 nitrogen and oxygen atoms in total. The van der Waals surface area contributed by atoms with Gasteiger partial charge in [0.15, 0.2) is 0 Å². The van der Waals surface area contributed by atoms with E-state index < -0.39 is 5.41 Å². The van der Waals surface area contributed by atoms with Gasteiger partial charge in [-0.05, 0) is 26.0 Å². The first-order valence-corrected chi connectivity index (χ1v) is 9.22. The fourth-order valence-corrected chi connectivity index (χ4v) is 2.96. The Labute approximate surface area is 159 Å². The van der Waals surface area contributed by atoms with E-state index in [1.54, 1.807) is 26.1 Å². The SMILES string of the molecule is CC(C)(C(=O)NCCN1CCOCC1)C(=O)Nc1cccc2cccnc12. The van der Waals surface area contributed by atoms with Crippen LogP contribution in [0.15, 0.2) is 36.5 Å². The molecular weight excluding hydrogens is 344 g/mol. The number of benzene rings is 1. The molecule has 1 aliphatic heterocycles. The van der Waals surface area contributed by atoms with Gasteiger partial charge in [0.2, 0.25) is 11.8 Å². The summed E-state index contributed by atoms with van der Waals surface area (Å²) in [5.41, 5.74) is 0.117. The van der Waals surface area contributed by atoms with Gasteiger partial charge >= 0.3 is 0 Å². The Bertz CT molecular complexity index is 810. The molecule has 1 saturated heterocycles. The smallest absolute Gasteiger partial charge is 0.239 e. The van der Waals surface area contributed by atoms with Crippen molar-refractivity contribution in [3.05, 3.63) is 36.5 Å². The van der Waals surface area contributed by atoms with E-state index in [-0.39, 0.29) is 11.8 Å². The number of ether oxygens (including phenoxy) is 1. The van der Waals surface area contributed by atoms with Crippen LogP contribution in [0, 0.1) is 5.41 Å². The van der Waals surface area contributed by atoms with Gasteiger partial charge in [0.05, 0.1) is 24.4 Å². The number of hydrogen-bond acceptors (Lipinski definition) is 5. The minimum Gasteiger partial charge on any atom is -0.379 e. The van der Waals surface area contributed by atoms with Crippen LogP contribution in [0.25, 0.3) is 10.9 Å². The van der Waals surface area contributed by atoms with Crippen molar-refractivity contribution in [2.45, 2.75) is 13.8 Å². The van der Waals surface area contributed by atoms with Gasteiger partial charge in [-0.1, -0.05) is 18.2 Å². The third kappa shape index (κ3) is 4.61. The van der Waals surface area contributed by atoms with Gasteiger partial charge in [-0.25, -0.2) is 0 Å². The molecule has 144 valence electrons. The molecule has 1 aromatic heterocycles. The number of aromatic nitrogens is 1. The first-order valence-electron chi connectivity index (χ1n) is 9.22. The van der Waals surface area contributed by atoms with E-state index in [1.807, 2.05) is 24.3 Å². The quantitative estimate of drug-likeness (QED) is 0.756. The maximum atomic E-state index is 12.8. The van der Waals surface area contributed by atoms with Crippen LogP contribution in [0.2, 0.25) is 0 Å². The molecule has 1 aliphatic rings. The normalized spacial score (nSPS) is 15.5. The van der Waals surface area contributed by atoms with Gasteiger partial charge in [0.25, 0.3) is 0 Å². The fourth-order valence-electron chi connectivity index (χ4n) is 2.96. The zero-order valence-electron chi connectivity index (χ0n) is 15.8. The van der Waals surface area contributed by atoms with Crippen LogP contribution >= 0.6 is 0 Å². The number of fused-ring (bicyclic) bond motifs is 1. The summed E-state index contributed by atoms with van der Waals surface area (Å²) in [4.78, 5) is 31.9. The molecule has 0 saturated carbocycles. The molecule has 27 heavy (non-hydrogen) atoms. The summed E-state index contributed by atoms with van der Waals surface area (Å²) in [6.07, 6.45) is 1.68. The lowest BCUT2D eigenvalue weighted by Crippen LogP contribution is -2.48. The highest BCUT2D eigenvalue weighted by molar-refractivity contribution is 6.12. The minimum atomic E-state index is -1.19. The van der Waals surface area contributed by atoms with Crippen molar-refractivity contribution in [3.8, 4) is 0 Å². The predicted octanol–water partition coefficient (Wildman–Crippen LogP) is 1.65. The van der Waals surface area contributed by atoms with Crippen LogP contribution < -0.4 is 10.6 Å². The van der Waals surface area contributed by atoms with Gasteiger partial charge < -0.3 is 15.4 Å². The third-order valence-corrected chi connectivity index (χ3v) is 4.83. The van der Waals surface area contributed by atoms with E-state index in [9.17, 15) is 9.59 Å². The summed E-state index contributed by atoms with van der Waals surface area (Å²) in [6, 6.07) is 9.36. The Morgan fingerprint density at radius 2 is 1.89 bits per heavy atom. The van der Waals surface area contributed by atoms with Gasteiger partial charge in [0, 0.05) is 37.8 Å². The zero-order valence-corrected chi connectivity index (χ0v) is 15.8. The summed E-state index contributed by atoms with van der Waals surface area (Å²) < 4.78 is 5.31. The maximum Gasteiger partial charge on any atom is 0.239 e. The Hall–Kier alpha value is -2.51. The molecular formula is C20H26N4O3. The fraction of sp³-hybridized carbons (Fsp3) is 0.450. The van der Waals surface area contributed by atoms with Crippen molar-refractivity contribution in [1.82, 2.24) is 15.2 Å². The molecule has 3 rings (SSSR count). The van der Waals surface area contributed by atoms with E-state index in [1.165, 1.54) is 0 Å². The number of carbonyl (C=O) groups is 2. The molecule has 0 spiro atoms. The Kier molecular flexibility index (Phi) is 6.03. The monoisotopic (exact) mass is 370 g/mol. The van der Waals surface area contributed by atoms with Crippen molar-refractivity contribution >= 4 is 28.4 Å². The van der Waals surface area contributed by atoms with Crippen LogP contribution in [0.5, 0.6) is 0 Å². The van der Waals surface area contributed by atoms with Gasteiger partial charge in [-0.3, -0.25) is 19.5 Å². The summed E-state index contributed by atoms with van der Waals surface area (Å²) in [6.45, 7) is 7.70. The average Bonchev–Trinajstić information content (AvgIpc) is 2.69. The van der Waals surface area contributed by atoms with E-state index in [2.05, 4.69) is 20.5 Å². The Morgan fingerprint density at radius 1 is 1.15 bits per heavy atom. The van der Waals surface area contributed by atoms with Crippen LogP contribution in [0.1, 0.15) is 13.8 Å². The van der Waals surface area contributed by atoms with Gasteiger partial charge in [0.1, 0.15) is 5.41 Å². The molecule has 0 bridgehead atoms. The van der Waals surface area contributed by atoms with E-state index in [0.29, 0.717) is 17.7 Å². The summed E-state index contributed by atoms with van der Waals surface area (Å²) in [5, 5.41) is 6.67. The topological polar surface area (TPSA) is 83.6 Å². The lowest BCUT2D eigenvalue weighted by molar-refractivity contribution is -0.138. The van der Waals surface area contributed by atoms with Gasteiger partial charge in [-0.2, -0.15) is 0 Å². The second-order valence-corrected chi connectivity index (χ2v) is 7.17. The molecule has 0 radical (unpaired) electrons. The van der Waals surface area contributed by atoms with Crippen LogP contribution in [0.4, 0.5) is 5.69 Å². The van der Waals surface area contributed by atoms with Crippen molar-refractivity contribution in [1.29, 1.82) is 0 Å². The predicted molar refractivity (Wildman–Crippen MR) is 104 cm³/mol. The molecule has 0 atom stereocenters. The molecule has 2 heterocycles.